The second kappa shape index (κ2) is 4.49. The van der Waals surface area contributed by atoms with Crippen molar-refractivity contribution < 1.29 is 0 Å². The number of fused-ring (bicyclic) bond motifs is 1. The van der Waals surface area contributed by atoms with E-state index in [4.69, 9.17) is 0 Å². The summed E-state index contributed by atoms with van der Waals surface area (Å²) in [5.74, 6) is 0.801. The van der Waals surface area contributed by atoms with Crippen LogP contribution in [0.25, 0.3) is 10.9 Å². The fourth-order valence-corrected chi connectivity index (χ4v) is 1.96. The van der Waals surface area contributed by atoms with Crippen LogP contribution in [0.4, 0.5) is 5.69 Å². The van der Waals surface area contributed by atoms with Gasteiger partial charge in [-0.2, -0.15) is 0 Å². The summed E-state index contributed by atoms with van der Waals surface area (Å²) in [7, 11) is 0. The second-order valence-electron chi connectivity index (χ2n) is 4.23. The Bertz CT molecular complexity index is 672. The highest BCUT2D eigenvalue weighted by atomic mass is 14.9. The van der Waals surface area contributed by atoms with Gasteiger partial charge in [-0.05, 0) is 37.3 Å². The first-order valence-electron chi connectivity index (χ1n) is 5.91. The number of nitrogens with one attached hydrogen (secondary N) is 2. The van der Waals surface area contributed by atoms with Gasteiger partial charge >= 0.3 is 0 Å². The number of aryl methyl sites for hydroxylation is 1. The molecule has 0 fully saturated rings. The van der Waals surface area contributed by atoms with Crippen LogP contribution in [-0.2, 0) is 6.54 Å². The summed E-state index contributed by atoms with van der Waals surface area (Å²) < 4.78 is 0. The van der Waals surface area contributed by atoms with Gasteiger partial charge in [0.1, 0.15) is 5.82 Å². The van der Waals surface area contributed by atoms with Crippen LogP contribution in [-0.4, -0.2) is 15.0 Å². The largest absolute Gasteiger partial charge is 0.379 e. The van der Waals surface area contributed by atoms with Gasteiger partial charge in [0.15, 0.2) is 0 Å². The van der Waals surface area contributed by atoms with E-state index >= 15 is 0 Å². The molecule has 18 heavy (non-hydrogen) atoms. The summed E-state index contributed by atoms with van der Waals surface area (Å²) in [6.07, 6.45) is 3.73. The minimum Gasteiger partial charge on any atom is -0.379 e. The van der Waals surface area contributed by atoms with Crippen molar-refractivity contribution in [1.29, 1.82) is 0 Å². The van der Waals surface area contributed by atoms with E-state index in [0.717, 1.165) is 22.7 Å². The molecule has 0 saturated carbocycles. The third kappa shape index (κ3) is 2.18. The number of hydrogen-bond acceptors (Lipinski definition) is 3. The predicted octanol–water partition coefficient (Wildman–Crippen LogP) is 2.88. The number of rotatable bonds is 3. The molecule has 2 N–H and O–H groups in total. The van der Waals surface area contributed by atoms with Crippen molar-refractivity contribution in [3.63, 3.8) is 0 Å². The van der Waals surface area contributed by atoms with E-state index < -0.39 is 0 Å². The van der Waals surface area contributed by atoms with Crippen LogP contribution in [0.15, 0.2) is 42.7 Å². The number of hydrogen-bond donors (Lipinski definition) is 2. The second-order valence-corrected chi connectivity index (χ2v) is 4.23. The molecule has 0 amide bonds. The van der Waals surface area contributed by atoms with E-state index in [-0.39, 0.29) is 0 Å². The first kappa shape index (κ1) is 10.8. The average molecular weight is 238 g/mol. The van der Waals surface area contributed by atoms with Gasteiger partial charge in [0, 0.05) is 29.0 Å². The highest BCUT2D eigenvalue weighted by Crippen LogP contribution is 2.18. The Morgan fingerprint density at radius 2 is 2.17 bits per heavy atom. The highest BCUT2D eigenvalue weighted by molar-refractivity contribution is 5.82. The zero-order chi connectivity index (χ0) is 12.4. The first-order valence-corrected chi connectivity index (χ1v) is 5.91. The maximum atomic E-state index is 4.36. The van der Waals surface area contributed by atoms with Gasteiger partial charge in [-0.3, -0.25) is 0 Å². The molecule has 0 atom stereocenters. The molecule has 0 unspecified atom stereocenters. The molecule has 3 aromatic rings. The molecule has 0 saturated heterocycles. The maximum Gasteiger partial charge on any atom is 0.125 e. The topological polar surface area (TPSA) is 53.6 Å². The minimum atomic E-state index is 0.708. The predicted molar refractivity (Wildman–Crippen MR) is 72.4 cm³/mol. The van der Waals surface area contributed by atoms with Gasteiger partial charge in [0.2, 0.25) is 0 Å². The van der Waals surface area contributed by atoms with Crippen LogP contribution in [0, 0.1) is 6.92 Å². The lowest BCUT2D eigenvalue weighted by molar-refractivity contribution is 0.955. The zero-order valence-electron chi connectivity index (χ0n) is 10.1. The lowest BCUT2D eigenvalue weighted by Crippen LogP contribution is -2.02. The fourth-order valence-electron chi connectivity index (χ4n) is 1.96. The lowest BCUT2D eigenvalue weighted by atomic mass is 10.2. The first-order chi connectivity index (χ1) is 8.81. The number of H-pyrrole nitrogens is 1. The number of benzene rings is 1. The Morgan fingerprint density at radius 3 is 3.06 bits per heavy atom. The minimum absolute atomic E-state index is 0.708. The van der Waals surface area contributed by atoms with Crippen molar-refractivity contribution >= 4 is 16.6 Å². The quantitative estimate of drug-likeness (QED) is 0.737. The molecule has 90 valence electrons. The van der Waals surface area contributed by atoms with Crippen molar-refractivity contribution in [2.45, 2.75) is 13.5 Å². The average Bonchev–Trinajstić information content (AvgIpc) is 2.84. The van der Waals surface area contributed by atoms with E-state index in [0.29, 0.717) is 6.54 Å². The van der Waals surface area contributed by atoms with Crippen LogP contribution in [0.3, 0.4) is 0 Å². The number of aromatic nitrogens is 3. The standard InChI is InChI=1S/C14H14N4/c1-10-15-7-5-13(18-10)9-17-12-2-3-14-11(8-12)4-6-16-14/h2-8,16-17H,9H2,1H3. The lowest BCUT2D eigenvalue weighted by Gasteiger charge is -2.06. The van der Waals surface area contributed by atoms with E-state index in [1.807, 2.05) is 19.2 Å². The molecule has 0 radical (unpaired) electrons. The van der Waals surface area contributed by atoms with Crippen molar-refractivity contribution in [2.75, 3.05) is 5.32 Å². The van der Waals surface area contributed by atoms with Gasteiger partial charge < -0.3 is 10.3 Å². The molecule has 0 aliphatic heterocycles. The Morgan fingerprint density at radius 1 is 1.22 bits per heavy atom. The normalized spacial score (nSPS) is 10.7. The van der Waals surface area contributed by atoms with Gasteiger partial charge in [-0.1, -0.05) is 0 Å². The molecule has 3 rings (SSSR count). The van der Waals surface area contributed by atoms with Crippen LogP contribution in [0.1, 0.15) is 11.5 Å². The summed E-state index contributed by atoms with van der Waals surface area (Å²) in [4.78, 5) is 11.6. The molecule has 2 aromatic heterocycles. The van der Waals surface area contributed by atoms with Gasteiger partial charge in [0.25, 0.3) is 0 Å². The Hall–Kier alpha value is -2.36. The van der Waals surface area contributed by atoms with Gasteiger partial charge in [0.05, 0.1) is 12.2 Å². The fraction of sp³-hybridized carbons (Fsp3) is 0.143. The molecule has 4 heteroatoms. The summed E-state index contributed by atoms with van der Waals surface area (Å²) in [5.41, 5.74) is 3.24. The number of nitrogens with zero attached hydrogens (tertiary/aromatic N) is 2. The van der Waals surface area contributed by atoms with Crippen LogP contribution in [0.5, 0.6) is 0 Å². The van der Waals surface area contributed by atoms with Gasteiger partial charge in [-0.25, -0.2) is 9.97 Å². The van der Waals surface area contributed by atoms with Crippen LogP contribution >= 0.6 is 0 Å². The molecule has 0 spiro atoms. The van der Waals surface area contributed by atoms with Crippen molar-refractivity contribution in [3.05, 3.63) is 54.2 Å². The monoisotopic (exact) mass is 238 g/mol. The molecule has 4 nitrogen and oxygen atoms in total. The Labute approximate surface area is 105 Å². The third-order valence-electron chi connectivity index (χ3n) is 2.86. The maximum absolute atomic E-state index is 4.36. The van der Waals surface area contributed by atoms with Crippen LogP contribution in [0.2, 0.25) is 0 Å². The molecule has 1 aromatic carbocycles. The molecule has 0 aliphatic carbocycles. The van der Waals surface area contributed by atoms with Crippen molar-refractivity contribution in [2.24, 2.45) is 0 Å². The molecule has 2 heterocycles. The Balaban J connectivity index is 1.76. The smallest absolute Gasteiger partial charge is 0.125 e. The van der Waals surface area contributed by atoms with E-state index in [1.165, 1.54) is 5.39 Å². The summed E-state index contributed by atoms with van der Waals surface area (Å²) in [5, 5.41) is 4.57. The summed E-state index contributed by atoms with van der Waals surface area (Å²) in [6.45, 7) is 2.61. The van der Waals surface area contributed by atoms with Crippen molar-refractivity contribution in [3.8, 4) is 0 Å². The number of aromatic amines is 1. The molecule has 0 bridgehead atoms. The summed E-state index contributed by atoms with van der Waals surface area (Å²) >= 11 is 0. The third-order valence-corrected chi connectivity index (χ3v) is 2.86. The van der Waals surface area contributed by atoms with Gasteiger partial charge in [-0.15, -0.1) is 0 Å². The van der Waals surface area contributed by atoms with Crippen LogP contribution < -0.4 is 5.32 Å². The van der Waals surface area contributed by atoms with E-state index in [9.17, 15) is 0 Å². The number of anilines is 1. The molecule has 0 aliphatic rings. The van der Waals surface area contributed by atoms with E-state index in [2.05, 4.69) is 44.5 Å². The van der Waals surface area contributed by atoms with Crippen molar-refractivity contribution in [1.82, 2.24) is 15.0 Å². The zero-order valence-corrected chi connectivity index (χ0v) is 10.1. The SMILES string of the molecule is Cc1nccc(CNc2ccc3[nH]ccc3c2)n1. The Kier molecular flexibility index (Phi) is 2.68. The molecular weight excluding hydrogens is 224 g/mol. The van der Waals surface area contributed by atoms with E-state index in [1.54, 1.807) is 6.20 Å². The highest BCUT2D eigenvalue weighted by Gasteiger charge is 1.99. The molecular formula is C14H14N4. The summed E-state index contributed by atoms with van der Waals surface area (Å²) in [6, 6.07) is 10.2.